The minimum Gasteiger partial charge on any atom is -0.415 e. The van der Waals surface area contributed by atoms with E-state index in [0.717, 1.165) is 62.0 Å². The summed E-state index contributed by atoms with van der Waals surface area (Å²) in [6, 6.07) is 5.86. The predicted molar refractivity (Wildman–Crippen MR) is 104 cm³/mol. The fraction of sp³-hybridized carbons (Fsp3) is 0.619. The van der Waals surface area contributed by atoms with Crippen LogP contribution in [0.5, 0.6) is 0 Å². The molecule has 26 heavy (non-hydrogen) atoms. The Morgan fingerprint density at radius 1 is 1.23 bits per heavy atom. The fourth-order valence-electron chi connectivity index (χ4n) is 3.97. The molecule has 1 N–H and O–H groups in total. The Balaban J connectivity index is 2.25. The Hall–Kier alpha value is -1.88. The second-order valence-electron chi connectivity index (χ2n) is 7.55. The number of rotatable bonds is 7. The van der Waals surface area contributed by atoms with Crippen molar-refractivity contribution in [3.05, 3.63) is 29.3 Å². The van der Waals surface area contributed by atoms with Gasteiger partial charge in [-0.2, -0.15) is 0 Å². The first-order chi connectivity index (χ1) is 12.4. The van der Waals surface area contributed by atoms with Gasteiger partial charge in [0.15, 0.2) is 6.04 Å². The van der Waals surface area contributed by atoms with E-state index < -0.39 is 0 Å². The molecule has 144 valence electrons. The highest BCUT2D eigenvalue weighted by Crippen LogP contribution is 2.29. The summed E-state index contributed by atoms with van der Waals surface area (Å²) in [5.41, 5.74) is 3.05. The molecule has 0 radical (unpaired) electrons. The number of likely N-dealkylation sites (tertiary alicyclic amines) is 1. The molecule has 1 fully saturated rings. The lowest BCUT2D eigenvalue weighted by Gasteiger charge is -2.45. The quantitative estimate of drug-likeness (QED) is 0.591. The van der Waals surface area contributed by atoms with Crippen LogP contribution >= 0.6 is 0 Å². The van der Waals surface area contributed by atoms with Gasteiger partial charge in [0, 0.05) is 19.0 Å². The maximum absolute atomic E-state index is 13.2. The van der Waals surface area contributed by atoms with Crippen LogP contribution in [0.3, 0.4) is 0 Å². The second-order valence-corrected chi connectivity index (χ2v) is 7.55. The monoisotopic (exact) mass is 361 g/mol. The van der Waals surface area contributed by atoms with Gasteiger partial charge < -0.3 is 10.1 Å². The molecular formula is C21H33N2O3+. The minimum atomic E-state index is -0.279. The number of carbonyl (C=O) groups excluding carboxylic acids is 2. The van der Waals surface area contributed by atoms with E-state index in [2.05, 4.69) is 12.2 Å². The van der Waals surface area contributed by atoms with Crippen molar-refractivity contribution in [2.75, 3.05) is 25.1 Å². The molecule has 2 atom stereocenters. The molecule has 0 bridgehead atoms. The number of carbonyl (C=O) groups is 2. The SMILES string of the molecule is CCCC[N+]1(COC(C)=O)CCCCC1C(=O)Nc1c(C)cccc1C. The summed E-state index contributed by atoms with van der Waals surface area (Å²) in [5, 5.41) is 3.17. The predicted octanol–water partition coefficient (Wildman–Crippen LogP) is 3.93. The molecule has 0 aromatic heterocycles. The topological polar surface area (TPSA) is 55.4 Å². The van der Waals surface area contributed by atoms with Crippen LogP contribution in [0.4, 0.5) is 5.69 Å². The molecule has 0 spiro atoms. The highest BCUT2D eigenvalue weighted by molar-refractivity contribution is 5.95. The van der Waals surface area contributed by atoms with Crippen LogP contribution in [0.1, 0.15) is 57.1 Å². The summed E-state index contributed by atoms with van der Waals surface area (Å²) in [6.45, 7) is 9.67. The summed E-state index contributed by atoms with van der Waals surface area (Å²) in [7, 11) is 0. The Morgan fingerprint density at radius 2 is 1.92 bits per heavy atom. The number of anilines is 1. The molecule has 1 heterocycles. The number of amides is 1. The van der Waals surface area contributed by atoms with Gasteiger partial charge in [0.2, 0.25) is 6.73 Å². The number of ether oxygens (including phenoxy) is 1. The van der Waals surface area contributed by atoms with Crippen molar-refractivity contribution in [2.24, 2.45) is 0 Å². The average molecular weight is 362 g/mol. The molecule has 2 unspecified atom stereocenters. The van der Waals surface area contributed by atoms with Gasteiger partial charge in [0.05, 0.1) is 13.1 Å². The molecular weight excluding hydrogens is 328 g/mol. The number of esters is 1. The third kappa shape index (κ3) is 4.85. The number of piperidine rings is 1. The fourth-order valence-corrected chi connectivity index (χ4v) is 3.97. The largest absolute Gasteiger partial charge is 0.415 e. The Morgan fingerprint density at radius 3 is 2.54 bits per heavy atom. The molecule has 0 saturated carbocycles. The zero-order valence-electron chi connectivity index (χ0n) is 16.6. The highest BCUT2D eigenvalue weighted by Gasteiger charge is 2.44. The van der Waals surface area contributed by atoms with E-state index in [1.807, 2.05) is 32.0 Å². The van der Waals surface area contributed by atoms with Crippen LogP contribution in [0.2, 0.25) is 0 Å². The van der Waals surface area contributed by atoms with Crippen LogP contribution < -0.4 is 5.32 Å². The summed E-state index contributed by atoms with van der Waals surface area (Å²) in [6.07, 6.45) is 5.02. The lowest BCUT2D eigenvalue weighted by molar-refractivity contribution is -0.962. The number of nitrogens with one attached hydrogen (secondary N) is 1. The van der Waals surface area contributed by atoms with Crippen molar-refractivity contribution in [2.45, 2.75) is 65.8 Å². The van der Waals surface area contributed by atoms with Crippen LogP contribution in [0, 0.1) is 13.8 Å². The van der Waals surface area contributed by atoms with E-state index in [4.69, 9.17) is 4.74 Å². The van der Waals surface area contributed by atoms with Gasteiger partial charge in [-0.1, -0.05) is 31.5 Å². The van der Waals surface area contributed by atoms with Crippen LogP contribution in [-0.2, 0) is 14.3 Å². The number of hydrogen-bond donors (Lipinski definition) is 1. The van der Waals surface area contributed by atoms with Crippen molar-refractivity contribution in [3.63, 3.8) is 0 Å². The molecule has 1 aromatic carbocycles. The van der Waals surface area contributed by atoms with Gasteiger partial charge in [0.1, 0.15) is 0 Å². The smallest absolute Gasteiger partial charge is 0.306 e. The first-order valence-electron chi connectivity index (χ1n) is 9.76. The number of hydrogen-bond acceptors (Lipinski definition) is 3. The van der Waals surface area contributed by atoms with E-state index >= 15 is 0 Å². The first kappa shape index (κ1) is 20.4. The Labute approximate surface area is 157 Å². The molecule has 1 aliphatic heterocycles. The molecule has 1 saturated heterocycles. The second kappa shape index (κ2) is 9.17. The number of aryl methyl sites for hydroxylation is 2. The summed E-state index contributed by atoms with van der Waals surface area (Å²) in [4.78, 5) is 24.7. The van der Waals surface area contributed by atoms with Crippen molar-refractivity contribution in [3.8, 4) is 0 Å². The first-order valence-corrected chi connectivity index (χ1v) is 9.76. The van der Waals surface area contributed by atoms with Gasteiger partial charge in [-0.3, -0.25) is 14.1 Å². The molecule has 5 nitrogen and oxygen atoms in total. The van der Waals surface area contributed by atoms with E-state index in [1.54, 1.807) is 0 Å². The zero-order valence-corrected chi connectivity index (χ0v) is 16.6. The Bertz CT molecular complexity index is 624. The molecule has 0 aliphatic carbocycles. The Kier molecular flexibility index (Phi) is 7.21. The van der Waals surface area contributed by atoms with Crippen molar-refractivity contribution < 1.29 is 18.8 Å². The van der Waals surface area contributed by atoms with Crippen molar-refractivity contribution in [1.29, 1.82) is 0 Å². The van der Waals surface area contributed by atoms with Gasteiger partial charge in [-0.15, -0.1) is 0 Å². The third-order valence-corrected chi connectivity index (χ3v) is 5.51. The number of unbranched alkanes of at least 4 members (excludes halogenated alkanes) is 1. The van der Waals surface area contributed by atoms with Gasteiger partial charge in [-0.25, -0.2) is 0 Å². The third-order valence-electron chi connectivity index (χ3n) is 5.51. The highest BCUT2D eigenvalue weighted by atomic mass is 16.5. The lowest BCUT2D eigenvalue weighted by atomic mass is 9.96. The normalized spacial score (nSPS) is 22.7. The van der Waals surface area contributed by atoms with Crippen molar-refractivity contribution in [1.82, 2.24) is 0 Å². The molecule has 1 aromatic rings. The number of quaternary nitrogens is 1. The zero-order chi connectivity index (χ0) is 19.2. The number of para-hydroxylation sites is 1. The number of benzene rings is 1. The van der Waals surface area contributed by atoms with E-state index in [9.17, 15) is 9.59 Å². The summed E-state index contributed by atoms with van der Waals surface area (Å²) in [5.74, 6) is -0.233. The lowest BCUT2D eigenvalue weighted by Crippen LogP contribution is -2.63. The molecule has 1 aliphatic rings. The average Bonchev–Trinajstić information content (AvgIpc) is 2.61. The van der Waals surface area contributed by atoms with Crippen LogP contribution in [0.25, 0.3) is 0 Å². The standard InChI is InChI=1S/C21H32N2O3/c1-5-6-13-23(15-26-18(4)24)14-8-7-12-19(23)21(25)22-20-16(2)10-9-11-17(20)3/h9-11,19H,5-8,12-15H2,1-4H3/p+1. The minimum absolute atomic E-state index is 0.0466. The summed E-state index contributed by atoms with van der Waals surface area (Å²) < 4.78 is 5.97. The van der Waals surface area contributed by atoms with E-state index in [0.29, 0.717) is 11.2 Å². The molecule has 1 amide bonds. The van der Waals surface area contributed by atoms with Crippen molar-refractivity contribution >= 4 is 17.6 Å². The maximum Gasteiger partial charge on any atom is 0.306 e. The van der Waals surface area contributed by atoms with Crippen LogP contribution in [-0.4, -0.2) is 42.2 Å². The van der Waals surface area contributed by atoms with Gasteiger partial charge in [-0.05, 0) is 44.2 Å². The molecule has 5 heteroatoms. The van der Waals surface area contributed by atoms with E-state index in [1.165, 1.54) is 6.92 Å². The summed E-state index contributed by atoms with van der Waals surface area (Å²) >= 11 is 0. The van der Waals surface area contributed by atoms with Gasteiger partial charge >= 0.3 is 5.97 Å². The maximum atomic E-state index is 13.2. The molecule has 2 rings (SSSR count). The van der Waals surface area contributed by atoms with Gasteiger partial charge in [0.25, 0.3) is 5.91 Å². The number of nitrogens with zero attached hydrogens (tertiary/aromatic N) is 1. The van der Waals surface area contributed by atoms with E-state index in [-0.39, 0.29) is 17.9 Å². The van der Waals surface area contributed by atoms with Crippen LogP contribution in [0.15, 0.2) is 18.2 Å².